The summed E-state index contributed by atoms with van der Waals surface area (Å²) in [5, 5.41) is 12.3. The Morgan fingerprint density at radius 2 is 1.62 bits per heavy atom. The van der Waals surface area contributed by atoms with Gasteiger partial charge in [0.05, 0.1) is 0 Å². The van der Waals surface area contributed by atoms with E-state index in [2.05, 4.69) is 57.3 Å². The largest absolute Gasteiger partial charge is 0.491 e. The fourth-order valence-corrected chi connectivity index (χ4v) is 2.57. The second-order valence-corrected chi connectivity index (χ2v) is 7.41. The SMILES string of the molecule is C[C@@H]([NH2+]C[C@H](O)COc1ccc(C(C)(C)C)cc1)c1ccccc1. The number of rotatable bonds is 7. The van der Waals surface area contributed by atoms with E-state index in [4.69, 9.17) is 4.74 Å². The van der Waals surface area contributed by atoms with Gasteiger partial charge in [-0.05, 0) is 30.0 Å². The maximum absolute atomic E-state index is 10.1. The Kier molecular flexibility index (Phi) is 6.41. The van der Waals surface area contributed by atoms with Crippen LogP contribution in [0.4, 0.5) is 0 Å². The third-order valence-electron chi connectivity index (χ3n) is 4.25. The second kappa shape index (κ2) is 8.32. The van der Waals surface area contributed by atoms with Crippen LogP contribution in [0.1, 0.15) is 44.9 Å². The number of hydrogen-bond acceptors (Lipinski definition) is 2. The van der Waals surface area contributed by atoms with E-state index in [1.165, 1.54) is 11.1 Å². The van der Waals surface area contributed by atoms with Crippen LogP contribution in [0.2, 0.25) is 0 Å². The smallest absolute Gasteiger partial charge is 0.137 e. The molecule has 130 valence electrons. The highest BCUT2D eigenvalue weighted by Gasteiger charge is 2.14. The monoisotopic (exact) mass is 328 g/mol. The summed E-state index contributed by atoms with van der Waals surface area (Å²) in [7, 11) is 0. The molecule has 3 heteroatoms. The van der Waals surface area contributed by atoms with E-state index in [-0.39, 0.29) is 5.41 Å². The van der Waals surface area contributed by atoms with Gasteiger partial charge in [-0.1, -0.05) is 63.2 Å². The van der Waals surface area contributed by atoms with E-state index >= 15 is 0 Å². The predicted molar refractivity (Wildman–Crippen MR) is 98.3 cm³/mol. The molecule has 0 bridgehead atoms. The normalized spacial score (nSPS) is 14.2. The van der Waals surface area contributed by atoms with Gasteiger partial charge in [-0.25, -0.2) is 0 Å². The zero-order valence-electron chi connectivity index (χ0n) is 15.2. The van der Waals surface area contributed by atoms with Gasteiger partial charge in [0.2, 0.25) is 0 Å². The topological polar surface area (TPSA) is 46.1 Å². The van der Waals surface area contributed by atoms with Crippen molar-refractivity contribution < 1.29 is 15.2 Å². The van der Waals surface area contributed by atoms with Gasteiger partial charge >= 0.3 is 0 Å². The molecule has 0 saturated carbocycles. The van der Waals surface area contributed by atoms with Crippen molar-refractivity contribution in [1.82, 2.24) is 0 Å². The summed E-state index contributed by atoms with van der Waals surface area (Å²) in [6.45, 7) is 9.65. The Bertz CT molecular complexity index is 602. The molecule has 2 aromatic carbocycles. The minimum Gasteiger partial charge on any atom is -0.491 e. The van der Waals surface area contributed by atoms with E-state index in [0.717, 1.165) is 5.75 Å². The van der Waals surface area contributed by atoms with Gasteiger partial charge < -0.3 is 15.2 Å². The summed E-state index contributed by atoms with van der Waals surface area (Å²) in [6, 6.07) is 18.8. The zero-order chi connectivity index (χ0) is 17.6. The number of ether oxygens (including phenoxy) is 1. The van der Waals surface area contributed by atoms with Crippen molar-refractivity contribution in [3.63, 3.8) is 0 Å². The summed E-state index contributed by atoms with van der Waals surface area (Å²) in [5.41, 5.74) is 2.68. The van der Waals surface area contributed by atoms with Gasteiger partial charge in [0.15, 0.2) is 0 Å². The second-order valence-electron chi connectivity index (χ2n) is 7.41. The van der Waals surface area contributed by atoms with Gasteiger partial charge in [-0.2, -0.15) is 0 Å². The van der Waals surface area contributed by atoms with E-state index in [0.29, 0.717) is 19.2 Å². The molecule has 2 atom stereocenters. The highest BCUT2D eigenvalue weighted by Crippen LogP contribution is 2.24. The lowest BCUT2D eigenvalue weighted by Gasteiger charge is -2.19. The summed E-state index contributed by atoms with van der Waals surface area (Å²) in [4.78, 5) is 0. The van der Waals surface area contributed by atoms with Crippen LogP contribution < -0.4 is 10.1 Å². The molecule has 3 N–H and O–H groups in total. The molecule has 0 unspecified atom stereocenters. The molecule has 0 spiro atoms. The zero-order valence-corrected chi connectivity index (χ0v) is 15.2. The molecule has 0 aliphatic rings. The first-order valence-electron chi connectivity index (χ1n) is 8.66. The molecule has 0 saturated heterocycles. The lowest BCUT2D eigenvalue weighted by atomic mass is 9.87. The van der Waals surface area contributed by atoms with Gasteiger partial charge in [0.25, 0.3) is 0 Å². The molecule has 24 heavy (non-hydrogen) atoms. The van der Waals surface area contributed by atoms with Crippen LogP contribution >= 0.6 is 0 Å². The lowest BCUT2D eigenvalue weighted by Crippen LogP contribution is -2.87. The van der Waals surface area contributed by atoms with Gasteiger partial charge in [0.1, 0.15) is 31.0 Å². The summed E-state index contributed by atoms with van der Waals surface area (Å²) < 4.78 is 5.70. The Morgan fingerprint density at radius 1 is 1.00 bits per heavy atom. The highest BCUT2D eigenvalue weighted by molar-refractivity contribution is 5.31. The highest BCUT2D eigenvalue weighted by atomic mass is 16.5. The molecule has 0 fully saturated rings. The van der Waals surface area contributed by atoms with Gasteiger partial charge in [0, 0.05) is 5.56 Å². The lowest BCUT2D eigenvalue weighted by molar-refractivity contribution is -0.698. The first-order chi connectivity index (χ1) is 11.4. The van der Waals surface area contributed by atoms with Crippen LogP contribution in [0.25, 0.3) is 0 Å². The van der Waals surface area contributed by atoms with Gasteiger partial charge in [-0.3, -0.25) is 0 Å². The van der Waals surface area contributed by atoms with Crippen molar-refractivity contribution in [2.24, 2.45) is 0 Å². The average Bonchev–Trinajstić information content (AvgIpc) is 2.58. The molecule has 0 amide bonds. The van der Waals surface area contributed by atoms with Crippen molar-refractivity contribution >= 4 is 0 Å². The standard InChI is InChI=1S/C21H29NO2/c1-16(17-8-6-5-7-9-17)22-14-19(23)15-24-20-12-10-18(11-13-20)21(2,3)4/h5-13,16,19,22-23H,14-15H2,1-4H3/p+1/t16-,19+/m1/s1. The van der Waals surface area contributed by atoms with Crippen LogP contribution in [0.15, 0.2) is 54.6 Å². The first-order valence-corrected chi connectivity index (χ1v) is 8.66. The predicted octanol–water partition coefficient (Wildman–Crippen LogP) is 3.05. The van der Waals surface area contributed by atoms with Crippen LogP contribution in [0.3, 0.4) is 0 Å². The molecule has 3 nitrogen and oxygen atoms in total. The van der Waals surface area contributed by atoms with Crippen molar-refractivity contribution in [3.05, 3.63) is 65.7 Å². The number of quaternary nitrogens is 1. The van der Waals surface area contributed by atoms with Crippen LogP contribution in [-0.2, 0) is 5.41 Å². The molecule has 0 aliphatic heterocycles. The Labute approximate surface area is 145 Å². The fourth-order valence-electron chi connectivity index (χ4n) is 2.57. The number of aliphatic hydroxyl groups is 1. The molecule has 0 aromatic heterocycles. The van der Waals surface area contributed by atoms with Crippen molar-refractivity contribution in [2.45, 2.75) is 45.3 Å². The molecule has 2 rings (SSSR count). The summed E-state index contributed by atoms with van der Waals surface area (Å²) >= 11 is 0. The Morgan fingerprint density at radius 3 is 2.21 bits per heavy atom. The van der Waals surface area contributed by atoms with Crippen molar-refractivity contribution in [3.8, 4) is 5.75 Å². The van der Waals surface area contributed by atoms with E-state index in [9.17, 15) is 5.11 Å². The molecular formula is C21H30NO2+. The van der Waals surface area contributed by atoms with Crippen LogP contribution in [0.5, 0.6) is 5.75 Å². The molecular weight excluding hydrogens is 298 g/mol. The quantitative estimate of drug-likeness (QED) is 0.820. The van der Waals surface area contributed by atoms with Crippen molar-refractivity contribution in [2.75, 3.05) is 13.2 Å². The molecule has 2 aromatic rings. The van der Waals surface area contributed by atoms with Crippen molar-refractivity contribution in [1.29, 1.82) is 0 Å². The first kappa shape index (κ1) is 18.5. The summed E-state index contributed by atoms with van der Waals surface area (Å²) in [6.07, 6.45) is -0.488. The fraction of sp³-hybridized carbons (Fsp3) is 0.429. The Balaban J connectivity index is 1.76. The number of hydrogen-bond donors (Lipinski definition) is 2. The van der Waals surface area contributed by atoms with Crippen LogP contribution in [-0.4, -0.2) is 24.4 Å². The number of nitrogens with two attached hydrogens (primary N) is 1. The van der Waals surface area contributed by atoms with E-state index < -0.39 is 6.10 Å². The molecule has 0 radical (unpaired) electrons. The van der Waals surface area contributed by atoms with E-state index in [1.807, 2.05) is 30.3 Å². The maximum atomic E-state index is 10.1. The van der Waals surface area contributed by atoms with Crippen LogP contribution in [0, 0.1) is 0 Å². The summed E-state index contributed by atoms with van der Waals surface area (Å²) in [5.74, 6) is 0.804. The third-order valence-corrected chi connectivity index (χ3v) is 4.25. The van der Waals surface area contributed by atoms with Gasteiger partial charge in [-0.15, -0.1) is 0 Å². The Hall–Kier alpha value is -1.84. The average molecular weight is 328 g/mol. The molecule has 0 heterocycles. The minimum absolute atomic E-state index is 0.139. The minimum atomic E-state index is -0.488. The number of benzene rings is 2. The third kappa shape index (κ3) is 5.66. The molecule has 0 aliphatic carbocycles. The van der Waals surface area contributed by atoms with E-state index in [1.54, 1.807) is 0 Å². The number of aliphatic hydroxyl groups excluding tert-OH is 1. The maximum Gasteiger partial charge on any atom is 0.137 e.